The lowest BCUT2D eigenvalue weighted by Gasteiger charge is -2.30. The average Bonchev–Trinajstić information content (AvgIpc) is 4.19. The van der Waals surface area contributed by atoms with Crippen LogP contribution in [0.3, 0.4) is 0 Å². The third-order valence-electron chi connectivity index (χ3n) is 16.0. The Labute approximate surface area is 401 Å². The van der Waals surface area contributed by atoms with Gasteiger partial charge < -0.3 is 9.13 Å². The van der Waals surface area contributed by atoms with Crippen LogP contribution in [0.25, 0.3) is 121 Å². The molecule has 2 aliphatic carbocycles. The van der Waals surface area contributed by atoms with Crippen LogP contribution >= 0.6 is 0 Å². The van der Waals surface area contributed by atoms with E-state index in [2.05, 4.69) is 240 Å². The number of hydrogen-bond donors (Lipinski definition) is 0. The third kappa shape index (κ3) is 5.49. The molecule has 0 aliphatic heterocycles. The van der Waals surface area contributed by atoms with Gasteiger partial charge in [0.2, 0.25) is 0 Å². The first kappa shape index (κ1) is 38.6. The molecule has 13 aromatic rings. The van der Waals surface area contributed by atoms with Crippen molar-refractivity contribution in [2.75, 3.05) is 0 Å². The van der Waals surface area contributed by atoms with E-state index in [1.807, 2.05) is 0 Å². The summed E-state index contributed by atoms with van der Waals surface area (Å²) in [5.74, 6) is 0. The molecule has 2 heteroatoms. The molecule has 2 nitrogen and oxygen atoms in total. The monoisotopic (exact) mass is 878 g/mol. The standard InChI is InChI=1S/C67H46N2/c1-3-18-45(19-4-1)68-61-32-11-8-23-50(61)52-36-34-43(40-63(52)68)47-25-15-27-54-58(47)42-59-48(44-35-37-53-51-24-9-12-33-62(51)69(64(53)41-44)46-20-5-2-6-21-46)26-16-28-55(59)65(54)57-30-17-29-56-49-22-7-10-31-60(49)67(66(56)57)38-13-14-39-67/h1-12,15-37,40-42H,13-14,38-39H2. The first-order chi connectivity index (χ1) is 34.2. The summed E-state index contributed by atoms with van der Waals surface area (Å²) in [4.78, 5) is 0. The molecule has 2 aromatic heterocycles. The minimum atomic E-state index is -0.00198. The fraction of sp³-hybridized carbons (Fsp3) is 0.0746. The largest absolute Gasteiger partial charge is 0.309 e. The summed E-state index contributed by atoms with van der Waals surface area (Å²) in [6.07, 6.45) is 4.85. The Hall–Kier alpha value is -8.46. The lowest BCUT2D eigenvalue weighted by Crippen LogP contribution is -2.21. The van der Waals surface area contributed by atoms with Gasteiger partial charge in [0, 0.05) is 38.3 Å². The second-order valence-electron chi connectivity index (χ2n) is 19.5. The van der Waals surface area contributed by atoms with Gasteiger partial charge in [0.1, 0.15) is 0 Å². The highest BCUT2D eigenvalue weighted by atomic mass is 15.0. The van der Waals surface area contributed by atoms with Gasteiger partial charge in [-0.05, 0) is 145 Å². The smallest absolute Gasteiger partial charge is 0.0547 e. The fourth-order valence-electron chi connectivity index (χ4n) is 13.2. The van der Waals surface area contributed by atoms with Crippen LogP contribution in [0, 0.1) is 0 Å². The zero-order chi connectivity index (χ0) is 45.2. The van der Waals surface area contributed by atoms with E-state index in [-0.39, 0.29) is 5.41 Å². The van der Waals surface area contributed by atoms with Gasteiger partial charge in [0.05, 0.1) is 22.1 Å². The molecule has 1 fully saturated rings. The maximum absolute atomic E-state index is 2.52. The van der Waals surface area contributed by atoms with Crippen molar-refractivity contribution in [2.45, 2.75) is 31.1 Å². The van der Waals surface area contributed by atoms with Crippen LogP contribution in [0.1, 0.15) is 36.8 Å². The quantitative estimate of drug-likeness (QED) is 0.152. The number of rotatable bonds is 5. The first-order valence-electron chi connectivity index (χ1n) is 24.6. The highest BCUT2D eigenvalue weighted by molar-refractivity contribution is 6.21. The Morgan fingerprint density at radius 2 is 0.725 bits per heavy atom. The number of aromatic nitrogens is 2. The molecule has 0 amide bonds. The Kier molecular flexibility index (Phi) is 8.27. The SMILES string of the molecule is c1ccc(-n2c3ccccc3c3ccc(-c4cccc5c(-c6cccc7c6C6(CCCC6)c6ccccc6-7)c6cccc(-c7ccc8c9ccccc9n(-c9ccccc9)c8c7)c6cc45)cc32)cc1. The molecule has 2 heterocycles. The maximum atomic E-state index is 2.52. The minimum absolute atomic E-state index is 0.00198. The van der Waals surface area contributed by atoms with E-state index in [0.29, 0.717) is 0 Å². The third-order valence-corrected chi connectivity index (χ3v) is 16.0. The number of nitrogens with zero attached hydrogens (tertiary/aromatic N) is 2. The van der Waals surface area contributed by atoms with Gasteiger partial charge in [-0.25, -0.2) is 0 Å². The fourth-order valence-corrected chi connectivity index (χ4v) is 13.2. The molecule has 0 bridgehead atoms. The number of benzene rings is 11. The highest BCUT2D eigenvalue weighted by Crippen LogP contribution is 2.60. The summed E-state index contributed by atoms with van der Waals surface area (Å²) < 4.78 is 4.88. The van der Waals surface area contributed by atoms with E-state index in [9.17, 15) is 0 Å². The van der Waals surface area contributed by atoms with Crippen LogP contribution in [0.4, 0.5) is 0 Å². The van der Waals surface area contributed by atoms with Crippen molar-refractivity contribution in [3.8, 4) is 55.9 Å². The van der Waals surface area contributed by atoms with Gasteiger partial charge in [0.25, 0.3) is 0 Å². The molecule has 11 aromatic carbocycles. The Balaban J connectivity index is 1.04. The van der Waals surface area contributed by atoms with Gasteiger partial charge in [-0.3, -0.25) is 0 Å². The van der Waals surface area contributed by atoms with Gasteiger partial charge in [-0.2, -0.15) is 0 Å². The minimum Gasteiger partial charge on any atom is -0.309 e. The molecule has 0 atom stereocenters. The molecular formula is C67H46N2. The lowest BCUT2D eigenvalue weighted by atomic mass is 9.73. The van der Waals surface area contributed by atoms with Gasteiger partial charge >= 0.3 is 0 Å². The van der Waals surface area contributed by atoms with Crippen molar-refractivity contribution < 1.29 is 0 Å². The van der Waals surface area contributed by atoms with Crippen molar-refractivity contribution in [2.24, 2.45) is 0 Å². The molecule has 1 spiro atoms. The van der Waals surface area contributed by atoms with E-state index in [0.717, 1.165) is 0 Å². The number of hydrogen-bond acceptors (Lipinski definition) is 0. The molecule has 2 aliphatic rings. The zero-order valence-electron chi connectivity index (χ0n) is 38.2. The van der Waals surface area contributed by atoms with Crippen LogP contribution in [-0.4, -0.2) is 9.13 Å². The number of fused-ring (bicyclic) bond motifs is 13. The topological polar surface area (TPSA) is 9.86 Å². The predicted octanol–water partition coefficient (Wildman–Crippen LogP) is 18.0. The first-order valence-corrected chi connectivity index (χ1v) is 24.6. The van der Waals surface area contributed by atoms with Crippen molar-refractivity contribution in [3.63, 3.8) is 0 Å². The second kappa shape index (κ2) is 14.8. The molecule has 69 heavy (non-hydrogen) atoms. The van der Waals surface area contributed by atoms with Gasteiger partial charge in [-0.15, -0.1) is 0 Å². The van der Waals surface area contributed by atoms with Crippen molar-refractivity contribution in [1.29, 1.82) is 0 Å². The van der Waals surface area contributed by atoms with E-state index in [1.165, 1.54) is 158 Å². The zero-order valence-corrected chi connectivity index (χ0v) is 38.2. The van der Waals surface area contributed by atoms with Crippen molar-refractivity contribution >= 4 is 65.2 Å². The number of para-hydroxylation sites is 4. The Morgan fingerprint density at radius 3 is 1.30 bits per heavy atom. The second-order valence-corrected chi connectivity index (χ2v) is 19.5. The molecular weight excluding hydrogens is 833 g/mol. The Morgan fingerprint density at radius 1 is 0.290 bits per heavy atom. The van der Waals surface area contributed by atoms with E-state index < -0.39 is 0 Å². The highest BCUT2D eigenvalue weighted by Gasteiger charge is 2.46. The molecule has 1 saturated carbocycles. The molecule has 0 radical (unpaired) electrons. The van der Waals surface area contributed by atoms with Crippen LogP contribution in [0.2, 0.25) is 0 Å². The normalized spacial score (nSPS) is 14.0. The molecule has 0 N–H and O–H groups in total. The van der Waals surface area contributed by atoms with Crippen LogP contribution in [0.15, 0.2) is 231 Å². The summed E-state index contributed by atoms with van der Waals surface area (Å²) in [6.45, 7) is 0. The van der Waals surface area contributed by atoms with Crippen LogP contribution in [-0.2, 0) is 5.41 Å². The summed E-state index contributed by atoms with van der Waals surface area (Å²) >= 11 is 0. The van der Waals surface area contributed by atoms with Crippen molar-refractivity contribution in [1.82, 2.24) is 9.13 Å². The van der Waals surface area contributed by atoms with E-state index in [4.69, 9.17) is 0 Å². The average molecular weight is 879 g/mol. The lowest BCUT2D eigenvalue weighted by molar-refractivity contribution is 0.551. The Bertz CT molecular complexity index is 4020. The van der Waals surface area contributed by atoms with Gasteiger partial charge in [0.15, 0.2) is 0 Å². The van der Waals surface area contributed by atoms with E-state index >= 15 is 0 Å². The predicted molar refractivity (Wildman–Crippen MR) is 291 cm³/mol. The summed E-state index contributed by atoms with van der Waals surface area (Å²) in [5, 5.41) is 10.2. The molecule has 0 saturated heterocycles. The summed E-state index contributed by atoms with van der Waals surface area (Å²) in [7, 11) is 0. The van der Waals surface area contributed by atoms with Gasteiger partial charge in [-0.1, -0.05) is 189 Å². The maximum Gasteiger partial charge on any atom is 0.0547 e. The summed E-state index contributed by atoms with van der Waals surface area (Å²) in [6, 6.07) is 86.7. The van der Waals surface area contributed by atoms with Crippen LogP contribution < -0.4 is 0 Å². The molecule has 0 unspecified atom stereocenters. The molecule has 15 rings (SSSR count). The molecule has 324 valence electrons. The van der Waals surface area contributed by atoms with Crippen molar-refractivity contribution in [3.05, 3.63) is 242 Å². The summed E-state index contributed by atoms with van der Waals surface area (Å²) in [5.41, 5.74) is 20.6. The van der Waals surface area contributed by atoms with E-state index in [1.54, 1.807) is 0 Å². The van der Waals surface area contributed by atoms with Crippen LogP contribution in [0.5, 0.6) is 0 Å².